The van der Waals surface area contributed by atoms with E-state index < -0.39 is 0 Å². The average Bonchev–Trinajstić information content (AvgIpc) is 2.31. The summed E-state index contributed by atoms with van der Waals surface area (Å²) in [4.78, 5) is 0. The molecule has 80 valence electrons. The van der Waals surface area contributed by atoms with Crippen molar-refractivity contribution in [2.24, 2.45) is 0 Å². The Balaban J connectivity index is 2.54. The number of rotatable bonds is 2. The molecule has 2 rings (SSSR count). The van der Waals surface area contributed by atoms with Gasteiger partial charge >= 0.3 is 0 Å². The molecule has 0 bridgehead atoms. The number of hydrogen-bond acceptors (Lipinski definition) is 1. The summed E-state index contributed by atoms with van der Waals surface area (Å²) >= 11 is 0. The van der Waals surface area contributed by atoms with Crippen LogP contribution in [0.3, 0.4) is 0 Å². The van der Waals surface area contributed by atoms with Crippen molar-refractivity contribution in [1.29, 1.82) is 0 Å². The molecule has 1 nitrogen and oxygen atoms in total. The molecule has 16 heavy (non-hydrogen) atoms. The molecule has 0 heterocycles. The minimum Gasteiger partial charge on any atom is -0.512 e. The van der Waals surface area contributed by atoms with Gasteiger partial charge < -0.3 is 5.11 Å². The van der Waals surface area contributed by atoms with Crippen molar-refractivity contribution < 1.29 is 5.11 Å². The quantitative estimate of drug-likeness (QED) is 0.742. The maximum atomic E-state index is 9.80. The predicted molar refractivity (Wildman–Crippen MR) is 67.2 cm³/mol. The van der Waals surface area contributed by atoms with Crippen molar-refractivity contribution >= 4 is 5.57 Å². The van der Waals surface area contributed by atoms with Crippen LogP contribution in [0.5, 0.6) is 0 Å². The first-order valence-corrected chi connectivity index (χ1v) is 5.29. The lowest BCUT2D eigenvalue weighted by Gasteiger charge is -2.09. The van der Waals surface area contributed by atoms with E-state index in [2.05, 4.69) is 0 Å². The van der Waals surface area contributed by atoms with E-state index in [0.717, 1.165) is 16.7 Å². The highest BCUT2D eigenvalue weighted by molar-refractivity contribution is 5.80. The van der Waals surface area contributed by atoms with E-state index in [-0.39, 0.29) is 0 Å². The van der Waals surface area contributed by atoms with Crippen LogP contribution < -0.4 is 0 Å². The van der Waals surface area contributed by atoms with Crippen LogP contribution in [0.15, 0.2) is 66.4 Å². The molecular formula is C15H14O. The van der Waals surface area contributed by atoms with E-state index >= 15 is 0 Å². The highest BCUT2D eigenvalue weighted by Crippen LogP contribution is 2.25. The molecule has 1 heteroatoms. The third kappa shape index (κ3) is 2.14. The van der Waals surface area contributed by atoms with Crippen molar-refractivity contribution in [1.82, 2.24) is 0 Å². The molecule has 0 aliphatic carbocycles. The van der Waals surface area contributed by atoms with Crippen molar-refractivity contribution in [3.8, 4) is 0 Å². The lowest BCUT2D eigenvalue weighted by molar-refractivity contribution is 0.417. The zero-order valence-electron chi connectivity index (χ0n) is 9.22. The maximum absolute atomic E-state index is 9.80. The standard InChI is InChI=1S/C15H14O/c1-12(16)15(13-8-4-2-5-9-13)14-10-6-3-7-11-14/h2-11,16H,1H3. The molecule has 0 aliphatic heterocycles. The molecule has 0 fully saturated rings. The van der Waals surface area contributed by atoms with Crippen LogP contribution >= 0.6 is 0 Å². The van der Waals surface area contributed by atoms with E-state index in [4.69, 9.17) is 0 Å². The van der Waals surface area contributed by atoms with Gasteiger partial charge in [-0.15, -0.1) is 0 Å². The number of aliphatic hydroxyl groups is 1. The minimum atomic E-state index is 0.345. The van der Waals surface area contributed by atoms with Crippen LogP contribution in [-0.2, 0) is 0 Å². The predicted octanol–water partition coefficient (Wildman–Crippen LogP) is 4.02. The molecule has 0 aromatic heterocycles. The summed E-state index contributed by atoms with van der Waals surface area (Å²) in [5.74, 6) is 0.345. The van der Waals surface area contributed by atoms with E-state index in [9.17, 15) is 5.11 Å². The molecule has 2 aromatic rings. The van der Waals surface area contributed by atoms with Gasteiger partial charge in [0.1, 0.15) is 0 Å². The molecule has 0 amide bonds. The van der Waals surface area contributed by atoms with Crippen LogP contribution in [0.4, 0.5) is 0 Å². The lowest BCUT2D eigenvalue weighted by atomic mass is 9.97. The van der Waals surface area contributed by atoms with Gasteiger partial charge in [-0.25, -0.2) is 0 Å². The Morgan fingerprint density at radius 2 is 1.12 bits per heavy atom. The number of allylic oxidation sites excluding steroid dienone is 1. The third-order valence-corrected chi connectivity index (χ3v) is 2.49. The molecule has 0 spiro atoms. The Morgan fingerprint density at radius 1 is 0.750 bits per heavy atom. The molecule has 1 N–H and O–H groups in total. The minimum absolute atomic E-state index is 0.345. The van der Waals surface area contributed by atoms with Crippen LogP contribution in [0.2, 0.25) is 0 Å². The number of hydrogen-bond donors (Lipinski definition) is 1. The Kier molecular flexibility index (Phi) is 3.06. The van der Waals surface area contributed by atoms with E-state index in [0.29, 0.717) is 5.76 Å². The summed E-state index contributed by atoms with van der Waals surface area (Å²) in [5, 5.41) is 9.80. The van der Waals surface area contributed by atoms with Gasteiger partial charge in [0.05, 0.1) is 5.76 Å². The fourth-order valence-corrected chi connectivity index (χ4v) is 1.79. The highest BCUT2D eigenvalue weighted by atomic mass is 16.3. The van der Waals surface area contributed by atoms with Gasteiger partial charge in [0, 0.05) is 5.57 Å². The van der Waals surface area contributed by atoms with Gasteiger partial charge in [0.25, 0.3) is 0 Å². The second-order valence-electron chi connectivity index (χ2n) is 3.69. The van der Waals surface area contributed by atoms with Crippen LogP contribution in [0.1, 0.15) is 18.1 Å². The molecule has 0 saturated heterocycles. The van der Waals surface area contributed by atoms with Gasteiger partial charge in [0.15, 0.2) is 0 Å². The summed E-state index contributed by atoms with van der Waals surface area (Å²) in [7, 11) is 0. The monoisotopic (exact) mass is 210 g/mol. The highest BCUT2D eigenvalue weighted by Gasteiger charge is 2.07. The Hall–Kier alpha value is -2.02. The van der Waals surface area contributed by atoms with Gasteiger partial charge in [-0.05, 0) is 18.1 Å². The smallest absolute Gasteiger partial charge is 0.0975 e. The second kappa shape index (κ2) is 4.67. The summed E-state index contributed by atoms with van der Waals surface area (Å²) in [6, 6.07) is 19.8. The second-order valence-corrected chi connectivity index (χ2v) is 3.69. The summed E-state index contributed by atoms with van der Waals surface area (Å²) in [6.45, 7) is 1.72. The first-order chi connectivity index (χ1) is 7.79. The van der Waals surface area contributed by atoms with Crippen LogP contribution in [0.25, 0.3) is 5.57 Å². The number of benzene rings is 2. The lowest BCUT2D eigenvalue weighted by Crippen LogP contribution is -1.91. The van der Waals surface area contributed by atoms with Gasteiger partial charge in [-0.3, -0.25) is 0 Å². The molecule has 0 saturated carbocycles. The van der Waals surface area contributed by atoms with Crippen LogP contribution in [0, 0.1) is 0 Å². The van der Waals surface area contributed by atoms with Crippen LogP contribution in [-0.4, -0.2) is 5.11 Å². The van der Waals surface area contributed by atoms with E-state index in [1.807, 2.05) is 60.7 Å². The van der Waals surface area contributed by atoms with E-state index in [1.165, 1.54) is 0 Å². The topological polar surface area (TPSA) is 20.2 Å². The molecule has 2 aromatic carbocycles. The van der Waals surface area contributed by atoms with Gasteiger partial charge in [-0.1, -0.05) is 60.7 Å². The first kappa shape index (κ1) is 10.5. The zero-order chi connectivity index (χ0) is 11.4. The van der Waals surface area contributed by atoms with Crippen molar-refractivity contribution in [3.05, 3.63) is 77.5 Å². The molecule has 0 atom stereocenters. The third-order valence-electron chi connectivity index (χ3n) is 2.49. The summed E-state index contributed by atoms with van der Waals surface area (Å²) in [5.41, 5.74) is 2.96. The maximum Gasteiger partial charge on any atom is 0.0975 e. The molecule has 0 unspecified atom stereocenters. The fraction of sp³-hybridized carbons (Fsp3) is 0.0667. The van der Waals surface area contributed by atoms with Crippen molar-refractivity contribution in [2.75, 3.05) is 0 Å². The Labute approximate surface area is 95.7 Å². The SMILES string of the molecule is CC(O)=C(c1ccccc1)c1ccccc1. The zero-order valence-corrected chi connectivity index (χ0v) is 9.22. The molecular weight excluding hydrogens is 196 g/mol. The largest absolute Gasteiger partial charge is 0.512 e. The summed E-state index contributed by atoms with van der Waals surface area (Å²) in [6.07, 6.45) is 0. The first-order valence-electron chi connectivity index (χ1n) is 5.29. The Bertz CT molecular complexity index is 438. The molecule has 0 aliphatic rings. The summed E-state index contributed by atoms with van der Waals surface area (Å²) < 4.78 is 0. The average molecular weight is 210 g/mol. The normalized spacial score (nSPS) is 9.81. The van der Waals surface area contributed by atoms with Gasteiger partial charge in [0.2, 0.25) is 0 Å². The Morgan fingerprint density at radius 3 is 1.44 bits per heavy atom. The number of aliphatic hydroxyl groups excluding tert-OH is 1. The van der Waals surface area contributed by atoms with Crippen molar-refractivity contribution in [2.45, 2.75) is 6.92 Å². The fourth-order valence-electron chi connectivity index (χ4n) is 1.79. The van der Waals surface area contributed by atoms with E-state index in [1.54, 1.807) is 6.92 Å². The van der Waals surface area contributed by atoms with Gasteiger partial charge in [-0.2, -0.15) is 0 Å². The van der Waals surface area contributed by atoms with Crippen molar-refractivity contribution in [3.63, 3.8) is 0 Å². The molecule has 0 radical (unpaired) electrons.